The van der Waals surface area contributed by atoms with Crippen LogP contribution >= 0.6 is 22.9 Å². The van der Waals surface area contributed by atoms with Gasteiger partial charge in [-0.2, -0.15) is 0 Å². The lowest BCUT2D eigenvalue weighted by Gasteiger charge is -2.02. The Bertz CT molecular complexity index is 805. The van der Waals surface area contributed by atoms with E-state index < -0.39 is 0 Å². The number of hydrogen-bond donors (Lipinski definition) is 0. The van der Waals surface area contributed by atoms with Crippen molar-refractivity contribution in [3.8, 4) is 0 Å². The molecule has 138 valence electrons. The molecule has 0 radical (unpaired) electrons. The molecule has 0 N–H and O–H groups in total. The van der Waals surface area contributed by atoms with E-state index in [-0.39, 0.29) is 5.97 Å². The van der Waals surface area contributed by atoms with Crippen molar-refractivity contribution < 1.29 is 14.3 Å². The maximum Gasteiger partial charge on any atom is 0.305 e. The van der Waals surface area contributed by atoms with E-state index in [4.69, 9.17) is 16.3 Å². The predicted octanol–water partition coefficient (Wildman–Crippen LogP) is 6.08. The number of carbonyl (C=O) groups is 1. The van der Waals surface area contributed by atoms with Gasteiger partial charge in [0.1, 0.15) is 0 Å². The van der Waals surface area contributed by atoms with Gasteiger partial charge >= 0.3 is 5.97 Å². The molecule has 0 amide bonds. The van der Waals surface area contributed by atoms with Gasteiger partial charge in [0.15, 0.2) is 0 Å². The van der Waals surface area contributed by atoms with Crippen molar-refractivity contribution in [3.05, 3.63) is 70.6 Å². The smallest absolute Gasteiger partial charge is 0.305 e. The molecule has 3 nitrogen and oxygen atoms in total. The van der Waals surface area contributed by atoms with Crippen molar-refractivity contribution in [2.45, 2.75) is 25.9 Å². The number of fused-ring (bicyclic) bond motifs is 1. The highest BCUT2D eigenvalue weighted by atomic mass is 35.5. The molecule has 26 heavy (non-hydrogen) atoms. The van der Waals surface area contributed by atoms with Crippen molar-refractivity contribution in [3.63, 3.8) is 0 Å². The largest absolute Gasteiger partial charge is 0.469 e. The zero-order valence-electron chi connectivity index (χ0n) is 14.9. The van der Waals surface area contributed by atoms with Crippen LogP contribution in [-0.4, -0.2) is 19.7 Å². The molecule has 0 atom stereocenters. The number of hydrogen-bond acceptors (Lipinski definition) is 4. The third kappa shape index (κ3) is 6.13. The molecule has 1 aromatic heterocycles. The maximum absolute atomic E-state index is 11.2. The quantitative estimate of drug-likeness (QED) is 0.280. The number of carbonyl (C=O) groups excluding carboxylic acids is 1. The Morgan fingerprint density at radius 3 is 2.85 bits per heavy atom. The maximum atomic E-state index is 11.2. The molecular formula is C21H23ClO3S. The molecule has 0 saturated heterocycles. The molecule has 0 aliphatic heterocycles. The van der Waals surface area contributed by atoms with Gasteiger partial charge in [-0.1, -0.05) is 60.7 Å². The molecule has 0 aliphatic carbocycles. The molecule has 0 unspecified atom stereocenters. The fraction of sp³-hybridized carbons (Fsp3) is 0.286. The summed E-state index contributed by atoms with van der Waals surface area (Å²) >= 11 is 8.07. The van der Waals surface area contributed by atoms with Crippen molar-refractivity contribution in [1.82, 2.24) is 0 Å². The molecule has 0 bridgehead atoms. The van der Waals surface area contributed by atoms with E-state index in [0.717, 1.165) is 33.7 Å². The standard InChI is InChI=1S/C21H23ClO3S/c1-3-8-16(9-6-13-20(23)24-2)10-7-14-25-15-19-21(22)17-11-4-5-12-18(17)26-19/h3-5,7-8,10-12H,1,6,9,13-15H2,2H3/b10-7-,16-8-. The summed E-state index contributed by atoms with van der Waals surface area (Å²) in [4.78, 5) is 12.2. The zero-order chi connectivity index (χ0) is 18.8. The number of esters is 1. The van der Waals surface area contributed by atoms with Crippen LogP contribution in [0.25, 0.3) is 10.1 Å². The van der Waals surface area contributed by atoms with Gasteiger partial charge < -0.3 is 9.47 Å². The number of halogens is 1. The van der Waals surface area contributed by atoms with Crippen LogP contribution < -0.4 is 0 Å². The first-order chi connectivity index (χ1) is 12.7. The minimum absolute atomic E-state index is 0.185. The van der Waals surface area contributed by atoms with Crippen molar-refractivity contribution >= 4 is 39.0 Å². The number of ether oxygens (including phenoxy) is 2. The second kappa shape index (κ2) is 11.0. The highest BCUT2D eigenvalue weighted by Gasteiger charge is 2.09. The third-order valence-electron chi connectivity index (χ3n) is 3.79. The minimum Gasteiger partial charge on any atom is -0.469 e. The Balaban J connectivity index is 1.80. The van der Waals surface area contributed by atoms with Crippen LogP contribution in [0.5, 0.6) is 0 Å². The van der Waals surface area contributed by atoms with Gasteiger partial charge in [-0.25, -0.2) is 0 Å². The van der Waals surface area contributed by atoms with E-state index in [2.05, 4.69) is 17.4 Å². The summed E-state index contributed by atoms with van der Waals surface area (Å²) in [6, 6.07) is 8.09. The second-order valence-electron chi connectivity index (χ2n) is 5.66. The Hall–Kier alpha value is -1.88. The Morgan fingerprint density at radius 2 is 2.12 bits per heavy atom. The number of allylic oxidation sites excluding steroid dienone is 4. The molecule has 0 saturated carbocycles. The van der Waals surface area contributed by atoms with Gasteiger partial charge in [0, 0.05) is 16.5 Å². The van der Waals surface area contributed by atoms with Crippen LogP contribution in [0.1, 0.15) is 24.1 Å². The summed E-state index contributed by atoms with van der Waals surface area (Å²) in [5, 5.41) is 1.86. The van der Waals surface area contributed by atoms with Crippen molar-refractivity contribution in [1.29, 1.82) is 0 Å². The Labute approximate surface area is 163 Å². The lowest BCUT2D eigenvalue weighted by atomic mass is 10.1. The summed E-state index contributed by atoms with van der Waals surface area (Å²) in [5.74, 6) is -0.185. The van der Waals surface area contributed by atoms with E-state index in [9.17, 15) is 4.79 Å². The fourth-order valence-electron chi connectivity index (χ4n) is 2.49. The van der Waals surface area contributed by atoms with E-state index in [1.165, 1.54) is 11.8 Å². The van der Waals surface area contributed by atoms with Gasteiger partial charge in [-0.05, 0) is 24.5 Å². The van der Waals surface area contributed by atoms with E-state index >= 15 is 0 Å². The topological polar surface area (TPSA) is 35.5 Å². The minimum atomic E-state index is -0.185. The molecule has 0 fully saturated rings. The van der Waals surface area contributed by atoms with E-state index in [0.29, 0.717) is 19.6 Å². The second-order valence-corrected chi connectivity index (χ2v) is 7.17. The van der Waals surface area contributed by atoms with Gasteiger partial charge in [-0.15, -0.1) is 11.3 Å². The zero-order valence-corrected chi connectivity index (χ0v) is 16.4. The first-order valence-electron chi connectivity index (χ1n) is 8.44. The van der Waals surface area contributed by atoms with Gasteiger partial charge in [0.2, 0.25) is 0 Å². The monoisotopic (exact) mass is 390 g/mol. The SMILES string of the molecule is C=C/C=C(\C=C/COCc1sc2ccccc2c1Cl)CCCC(=O)OC. The van der Waals surface area contributed by atoms with E-state index in [1.54, 1.807) is 17.4 Å². The third-order valence-corrected chi connectivity index (χ3v) is 5.47. The summed E-state index contributed by atoms with van der Waals surface area (Å²) in [6.07, 6.45) is 9.61. The molecule has 1 heterocycles. The van der Waals surface area contributed by atoms with Crippen molar-refractivity contribution in [2.24, 2.45) is 0 Å². The van der Waals surface area contributed by atoms with Gasteiger partial charge in [0.25, 0.3) is 0 Å². The molecule has 5 heteroatoms. The normalized spacial score (nSPS) is 12.0. The van der Waals surface area contributed by atoms with Crippen LogP contribution in [0, 0.1) is 0 Å². The Morgan fingerprint density at radius 1 is 1.31 bits per heavy atom. The number of methoxy groups -OCH3 is 1. The predicted molar refractivity (Wildman–Crippen MR) is 110 cm³/mol. The molecule has 0 aliphatic rings. The fourth-order valence-corrected chi connectivity index (χ4v) is 3.91. The highest BCUT2D eigenvalue weighted by molar-refractivity contribution is 7.19. The summed E-state index contributed by atoms with van der Waals surface area (Å²) < 4.78 is 11.6. The van der Waals surface area contributed by atoms with Gasteiger partial charge in [-0.3, -0.25) is 4.79 Å². The number of thiophene rings is 1. The molecular weight excluding hydrogens is 368 g/mol. The van der Waals surface area contributed by atoms with Crippen LogP contribution in [-0.2, 0) is 20.9 Å². The lowest BCUT2D eigenvalue weighted by Crippen LogP contribution is -1.99. The Kier molecular flexibility index (Phi) is 8.62. The van der Waals surface area contributed by atoms with Crippen LogP contribution in [0.3, 0.4) is 0 Å². The van der Waals surface area contributed by atoms with Gasteiger partial charge in [0.05, 0.1) is 30.2 Å². The number of benzene rings is 1. The first kappa shape index (κ1) is 20.4. The lowest BCUT2D eigenvalue weighted by molar-refractivity contribution is -0.140. The van der Waals surface area contributed by atoms with Crippen LogP contribution in [0.4, 0.5) is 0 Å². The molecule has 0 spiro atoms. The summed E-state index contributed by atoms with van der Waals surface area (Å²) in [7, 11) is 1.41. The summed E-state index contributed by atoms with van der Waals surface area (Å²) in [5.41, 5.74) is 1.10. The molecule has 2 rings (SSSR count). The highest BCUT2D eigenvalue weighted by Crippen LogP contribution is 2.35. The van der Waals surface area contributed by atoms with Crippen LogP contribution in [0.15, 0.2) is 60.7 Å². The molecule has 1 aromatic carbocycles. The first-order valence-corrected chi connectivity index (χ1v) is 9.63. The number of rotatable bonds is 10. The average Bonchev–Trinajstić information content (AvgIpc) is 2.97. The summed E-state index contributed by atoms with van der Waals surface area (Å²) in [6.45, 7) is 4.72. The van der Waals surface area contributed by atoms with Crippen LogP contribution in [0.2, 0.25) is 5.02 Å². The van der Waals surface area contributed by atoms with Crippen molar-refractivity contribution in [2.75, 3.05) is 13.7 Å². The average molecular weight is 391 g/mol. The van der Waals surface area contributed by atoms with E-state index in [1.807, 2.05) is 36.4 Å². The molecule has 2 aromatic rings.